The molecule has 2 unspecified atom stereocenters. The fourth-order valence-electron chi connectivity index (χ4n) is 7.14. The van der Waals surface area contributed by atoms with Crippen LogP contribution in [-0.4, -0.2) is 31.3 Å². The number of carbonyl (C=O) groups is 2. The Hall–Kier alpha value is -2.00. The summed E-state index contributed by atoms with van der Waals surface area (Å²) in [5.41, 5.74) is 3.89. The van der Waals surface area contributed by atoms with Crippen LogP contribution in [0.1, 0.15) is 63.4 Å². The topological polar surface area (TPSA) is 118 Å². The third kappa shape index (κ3) is 3.36. The van der Waals surface area contributed by atoms with Crippen molar-refractivity contribution in [1.82, 2.24) is 10.0 Å². The molecule has 5 aliphatic carbocycles. The minimum Gasteiger partial charge on any atom is -0.369 e. The van der Waals surface area contributed by atoms with Gasteiger partial charge in [0.05, 0.1) is 10.3 Å². The van der Waals surface area contributed by atoms with Crippen molar-refractivity contribution < 1.29 is 22.4 Å². The van der Waals surface area contributed by atoms with Gasteiger partial charge >= 0.3 is 0 Å². The van der Waals surface area contributed by atoms with E-state index in [-0.39, 0.29) is 16.7 Å². The first-order chi connectivity index (χ1) is 15.0. The number of carbonyl (C=O) groups excluding carboxylic acids is 2. The first-order valence-electron chi connectivity index (χ1n) is 11.4. The van der Waals surface area contributed by atoms with Crippen molar-refractivity contribution in [3.8, 4) is 0 Å². The number of nitrogens with two attached hydrogens (primary N) is 1. The van der Waals surface area contributed by atoms with Crippen molar-refractivity contribution in [2.24, 2.45) is 23.0 Å². The Labute approximate surface area is 187 Å². The molecule has 2 atom stereocenters. The minimum atomic E-state index is -4.09. The second-order valence-corrected chi connectivity index (χ2v) is 12.4. The standard InChI is InChI=1S/C23H30FN3O4S/c1-14-3-4-17(24)8-18(14)32(30,31)27-23(5-2-6-23)20(29)26-22-11-15-7-16(12-22)10-21(9-15,13-22)19(25)28/h3-4,8,15-16,27H,2,5-7,9-13H2,1H3,(H2,25,28)(H,26,29). The highest BCUT2D eigenvalue weighted by Gasteiger charge is 2.61. The molecular weight excluding hydrogens is 433 g/mol. The molecule has 1 aromatic carbocycles. The van der Waals surface area contributed by atoms with E-state index in [1.807, 2.05) is 0 Å². The molecular formula is C23H30FN3O4S. The zero-order chi connectivity index (χ0) is 22.9. The molecule has 1 aromatic rings. The summed E-state index contributed by atoms with van der Waals surface area (Å²) in [6, 6.07) is 3.61. The van der Waals surface area contributed by atoms with Gasteiger partial charge in [-0.25, -0.2) is 12.8 Å². The molecule has 5 saturated carbocycles. The molecule has 4 N–H and O–H groups in total. The van der Waals surface area contributed by atoms with E-state index in [0.29, 0.717) is 36.7 Å². The van der Waals surface area contributed by atoms with E-state index >= 15 is 0 Å². The molecule has 0 radical (unpaired) electrons. The summed E-state index contributed by atoms with van der Waals surface area (Å²) in [7, 11) is -4.09. The van der Waals surface area contributed by atoms with Gasteiger partial charge in [-0.15, -0.1) is 0 Å². The van der Waals surface area contributed by atoms with Crippen LogP contribution in [0, 0.1) is 30.0 Å². The van der Waals surface area contributed by atoms with Crippen LogP contribution < -0.4 is 15.8 Å². The van der Waals surface area contributed by atoms with Gasteiger partial charge in [0.1, 0.15) is 11.4 Å². The van der Waals surface area contributed by atoms with Crippen molar-refractivity contribution >= 4 is 21.8 Å². The Morgan fingerprint density at radius 2 is 1.78 bits per heavy atom. The quantitative estimate of drug-likeness (QED) is 0.600. The number of primary amides is 1. The molecule has 9 heteroatoms. The van der Waals surface area contributed by atoms with E-state index < -0.39 is 32.3 Å². The van der Waals surface area contributed by atoms with Crippen molar-refractivity contribution in [3.05, 3.63) is 29.6 Å². The summed E-state index contributed by atoms with van der Waals surface area (Å²) in [6.07, 6.45) is 6.25. The Morgan fingerprint density at radius 3 is 2.34 bits per heavy atom. The van der Waals surface area contributed by atoms with Crippen LogP contribution in [0.15, 0.2) is 23.1 Å². The van der Waals surface area contributed by atoms with E-state index in [1.165, 1.54) is 12.1 Å². The van der Waals surface area contributed by atoms with Crippen molar-refractivity contribution in [2.75, 3.05) is 0 Å². The number of aryl methyl sites for hydroxylation is 1. The summed E-state index contributed by atoms with van der Waals surface area (Å²) < 4.78 is 42.6. The number of halogens is 1. The molecule has 5 fully saturated rings. The van der Waals surface area contributed by atoms with Crippen LogP contribution in [-0.2, 0) is 19.6 Å². The third-order valence-electron chi connectivity index (χ3n) is 8.37. The van der Waals surface area contributed by atoms with E-state index in [9.17, 15) is 22.4 Å². The van der Waals surface area contributed by atoms with Gasteiger partial charge in [0.25, 0.3) is 0 Å². The lowest BCUT2D eigenvalue weighted by atomic mass is 9.46. The van der Waals surface area contributed by atoms with Gasteiger partial charge in [-0.1, -0.05) is 6.07 Å². The highest BCUT2D eigenvalue weighted by molar-refractivity contribution is 7.89. The van der Waals surface area contributed by atoms with Crippen LogP contribution in [0.25, 0.3) is 0 Å². The Kier molecular flexibility index (Phi) is 4.77. The van der Waals surface area contributed by atoms with Crippen LogP contribution in [0.4, 0.5) is 4.39 Å². The zero-order valence-corrected chi connectivity index (χ0v) is 19.1. The fraction of sp³-hybridized carbons (Fsp3) is 0.652. The number of sulfonamides is 1. The summed E-state index contributed by atoms with van der Waals surface area (Å²) >= 11 is 0. The number of hydrogen-bond acceptors (Lipinski definition) is 4. The van der Waals surface area contributed by atoms with E-state index in [1.54, 1.807) is 6.92 Å². The Bertz CT molecular complexity index is 1080. The minimum absolute atomic E-state index is 0.154. The Morgan fingerprint density at radius 1 is 1.12 bits per heavy atom. The van der Waals surface area contributed by atoms with Crippen molar-refractivity contribution in [2.45, 2.75) is 80.7 Å². The summed E-state index contributed by atoms with van der Waals surface area (Å²) in [5, 5.41) is 3.20. The number of benzene rings is 1. The largest absolute Gasteiger partial charge is 0.369 e. The molecule has 0 heterocycles. The number of hydrogen-bond donors (Lipinski definition) is 3. The smallest absolute Gasteiger partial charge is 0.241 e. The highest BCUT2D eigenvalue weighted by atomic mass is 32.2. The molecule has 4 bridgehead atoms. The lowest BCUT2D eigenvalue weighted by molar-refractivity contribution is -0.152. The van der Waals surface area contributed by atoms with Crippen LogP contribution >= 0.6 is 0 Å². The number of amides is 2. The lowest BCUT2D eigenvalue weighted by Crippen LogP contribution is -2.70. The van der Waals surface area contributed by atoms with Crippen molar-refractivity contribution in [1.29, 1.82) is 0 Å². The van der Waals surface area contributed by atoms with Crippen LogP contribution in [0.5, 0.6) is 0 Å². The van der Waals surface area contributed by atoms with Gasteiger partial charge in [0, 0.05) is 5.54 Å². The molecule has 0 saturated heterocycles. The van der Waals surface area contributed by atoms with Gasteiger partial charge in [0.15, 0.2) is 0 Å². The predicted octanol–water partition coefficient (Wildman–Crippen LogP) is 2.28. The summed E-state index contributed by atoms with van der Waals surface area (Å²) in [6.45, 7) is 1.60. The maximum Gasteiger partial charge on any atom is 0.241 e. The molecule has 6 rings (SSSR count). The monoisotopic (exact) mass is 463 g/mol. The summed E-state index contributed by atoms with van der Waals surface area (Å²) in [4.78, 5) is 25.7. The highest BCUT2D eigenvalue weighted by Crippen LogP contribution is 2.61. The first-order valence-corrected chi connectivity index (χ1v) is 12.9. The molecule has 174 valence electrons. The van der Waals surface area contributed by atoms with Crippen LogP contribution in [0.3, 0.4) is 0 Å². The second-order valence-electron chi connectivity index (χ2n) is 10.8. The molecule has 0 aromatic heterocycles. The molecule has 5 aliphatic rings. The molecule has 0 spiro atoms. The maximum absolute atomic E-state index is 13.7. The third-order valence-corrected chi connectivity index (χ3v) is 10.1. The average Bonchev–Trinajstić information content (AvgIpc) is 2.65. The van der Waals surface area contributed by atoms with E-state index in [4.69, 9.17) is 5.73 Å². The van der Waals surface area contributed by atoms with Gasteiger partial charge in [-0.05, 0) is 94.2 Å². The van der Waals surface area contributed by atoms with Gasteiger partial charge in [-0.2, -0.15) is 4.72 Å². The molecule has 7 nitrogen and oxygen atoms in total. The number of nitrogens with one attached hydrogen (secondary N) is 2. The molecule has 32 heavy (non-hydrogen) atoms. The lowest BCUT2D eigenvalue weighted by Gasteiger charge is -2.61. The average molecular weight is 464 g/mol. The molecule has 2 amide bonds. The first kappa shape index (κ1) is 21.8. The van der Waals surface area contributed by atoms with Crippen molar-refractivity contribution in [3.63, 3.8) is 0 Å². The van der Waals surface area contributed by atoms with Crippen LogP contribution in [0.2, 0.25) is 0 Å². The normalized spacial score (nSPS) is 34.7. The SMILES string of the molecule is Cc1ccc(F)cc1S(=O)(=O)NC1(C(=O)NC23CC4CC(C2)CC(C(N)=O)(C4)C3)CCC1. The van der Waals surface area contributed by atoms with E-state index in [2.05, 4.69) is 10.0 Å². The van der Waals surface area contributed by atoms with Gasteiger partial charge < -0.3 is 11.1 Å². The van der Waals surface area contributed by atoms with E-state index in [0.717, 1.165) is 44.6 Å². The summed E-state index contributed by atoms with van der Waals surface area (Å²) in [5.74, 6) is -0.566. The maximum atomic E-state index is 13.7. The number of rotatable bonds is 6. The van der Waals surface area contributed by atoms with Gasteiger partial charge in [0.2, 0.25) is 21.8 Å². The Balaban J connectivity index is 1.40. The molecule has 0 aliphatic heterocycles. The zero-order valence-electron chi connectivity index (χ0n) is 18.2. The fourth-order valence-corrected chi connectivity index (χ4v) is 8.82. The van der Waals surface area contributed by atoms with Gasteiger partial charge in [-0.3, -0.25) is 9.59 Å². The second kappa shape index (κ2) is 7.00. The predicted molar refractivity (Wildman–Crippen MR) is 115 cm³/mol.